The van der Waals surface area contributed by atoms with Gasteiger partial charge in [-0.2, -0.15) is 0 Å². The van der Waals surface area contributed by atoms with Crippen LogP contribution in [0.1, 0.15) is 32.1 Å². The second-order valence-electron chi connectivity index (χ2n) is 5.20. The molecule has 0 amide bonds. The van der Waals surface area contributed by atoms with Crippen molar-refractivity contribution in [1.29, 1.82) is 0 Å². The Morgan fingerprint density at radius 1 is 0.938 bits per heavy atom. The maximum Gasteiger partial charge on any atom is 0.168 e. The lowest BCUT2D eigenvalue weighted by Gasteiger charge is -2.37. The van der Waals surface area contributed by atoms with Crippen molar-refractivity contribution >= 4 is 12.4 Å². The number of rotatable bonds is 1. The molecule has 3 rings (SSSR count). The average molecular weight is 248 g/mol. The minimum absolute atomic E-state index is 0. The molecule has 1 saturated carbocycles. The fourth-order valence-corrected chi connectivity index (χ4v) is 3.42. The van der Waals surface area contributed by atoms with Gasteiger partial charge in [-0.3, -0.25) is 0 Å². The fourth-order valence-electron chi connectivity index (χ4n) is 3.42. The summed E-state index contributed by atoms with van der Waals surface area (Å²) in [5.41, 5.74) is 0. The van der Waals surface area contributed by atoms with Crippen LogP contribution in [0.4, 0.5) is 0 Å². The highest BCUT2D eigenvalue weighted by atomic mass is 35.5. The molecule has 0 aromatic heterocycles. The molecule has 1 unspecified atom stereocenters. The van der Waals surface area contributed by atoms with Gasteiger partial charge in [-0.05, 0) is 44.2 Å². The van der Waals surface area contributed by atoms with Gasteiger partial charge in [-0.1, -0.05) is 0 Å². The monoisotopic (exact) mass is 247 g/mol. The van der Waals surface area contributed by atoms with Gasteiger partial charge < -0.3 is 14.8 Å². The van der Waals surface area contributed by atoms with Crippen LogP contribution in [0.3, 0.4) is 0 Å². The van der Waals surface area contributed by atoms with Crippen LogP contribution in [-0.4, -0.2) is 32.1 Å². The molecule has 1 atom stereocenters. The molecule has 4 heteroatoms. The van der Waals surface area contributed by atoms with Crippen LogP contribution in [0, 0.1) is 11.8 Å². The molecule has 1 aliphatic carbocycles. The zero-order valence-corrected chi connectivity index (χ0v) is 10.6. The van der Waals surface area contributed by atoms with Crippen molar-refractivity contribution in [3.05, 3.63) is 0 Å². The first-order valence-electron chi connectivity index (χ1n) is 6.37. The van der Waals surface area contributed by atoms with E-state index in [1.54, 1.807) is 0 Å². The molecule has 2 aliphatic heterocycles. The molecule has 0 aromatic rings. The molecular weight excluding hydrogens is 226 g/mol. The van der Waals surface area contributed by atoms with Gasteiger partial charge in [0.25, 0.3) is 0 Å². The first kappa shape index (κ1) is 12.6. The van der Waals surface area contributed by atoms with Crippen LogP contribution in [0.5, 0.6) is 0 Å². The average Bonchev–Trinajstić information content (AvgIpc) is 2.91. The van der Waals surface area contributed by atoms with Gasteiger partial charge >= 0.3 is 0 Å². The van der Waals surface area contributed by atoms with E-state index in [1.807, 2.05) is 0 Å². The summed E-state index contributed by atoms with van der Waals surface area (Å²) in [7, 11) is 0. The lowest BCUT2D eigenvalue weighted by Crippen LogP contribution is -2.37. The summed E-state index contributed by atoms with van der Waals surface area (Å²) in [6.45, 7) is 4.06. The van der Waals surface area contributed by atoms with Crippen LogP contribution in [0.25, 0.3) is 0 Å². The number of halogens is 1. The maximum atomic E-state index is 5.75. The van der Waals surface area contributed by atoms with Gasteiger partial charge in [-0.25, -0.2) is 0 Å². The molecule has 2 saturated heterocycles. The standard InChI is InChI=1S/C12H21NO2.ClH/c1-4-12(14-7-8-15-12)5-2-10(1)11-3-6-13-9-11;/h10-11,13H,1-9H2;1H. The van der Waals surface area contributed by atoms with E-state index in [9.17, 15) is 0 Å². The van der Waals surface area contributed by atoms with E-state index in [0.29, 0.717) is 0 Å². The second-order valence-corrected chi connectivity index (χ2v) is 5.20. The summed E-state index contributed by atoms with van der Waals surface area (Å²) < 4.78 is 11.5. The Bertz CT molecular complexity index is 215. The van der Waals surface area contributed by atoms with Gasteiger partial charge in [0, 0.05) is 12.8 Å². The van der Waals surface area contributed by atoms with Crippen molar-refractivity contribution in [2.75, 3.05) is 26.3 Å². The van der Waals surface area contributed by atoms with Crippen molar-refractivity contribution in [3.63, 3.8) is 0 Å². The van der Waals surface area contributed by atoms with Crippen LogP contribution in [0.15, 0.2) is 0 Å². The molecule has 1 spiro atoms. The Balaban J connectivity index is 0.000000963. The molecule has 0 radical (unpaired) electrons. The number of ether oxygens (including phenoxy) is 2. The third-order valence-corrected chi connectivity index (χ3v) is 4.37. The van der Waals surface area contributed by atoms with E-state index in [-0.39, 0.29) is 18.2 Å². The molecule has 3 nitrogen and oxygen atoms in total. The van der Waals surface area contributed by atoms with Gasteiger partial charge in [0.05, 0.1) is 13.2 Å². The van der Waals surface area contributed by atoms with Crippen molar-refractivity contribution in [2.45, 2.75) is 37.9 Å². The molecule has 16 heavy (non-hydrogen) atoms. The highest BCUT2D eigenvalue weighted by Crippen LogP contribution is 2.41. The van der Waals surface area contributed by atoms with Crippen molar-refractivity contribution in [3.8, 4) is 0 Å². The SMILES string of the molecule is C1CC(C2CCC3(CC2)OCCO3)CN1.Cl. The van der Waals surface area contributed by atoms with Crippen LogP contribution < -0.4 is 5.32 Å². The smallest absolute Gasteiger partial charge is 0.168 e. The van der Waals surface area contributed by atoms with E-state index in [0.717, 1.165) is 37.9 Å². The van der Waals surface area contributed by atoms with Crippen LogP contribution in [0.2, 0.25) is 0 Å². The maximum absolute atomic E-state index is 5.75. The Morgan fingerprint density at radius 2 is 1.62 bits per heavy atom. The Morgan fingerprint density at radius 3 is 2.19 bits per heavy atom. The third-order valence-electron chi connectivity index (χ3n) is 4.37. The second kappa shape index (κ2) is 5.21. The fraction of sp³-hybridized carbons (Fsp3) is 1.00. The van der Waals surface area contributed by atoms with E-state index in [1.165, 1.54) is 32.4 Å². The molecule has 0 bridgehead atoms. The quantitative estimate of drug-likeness (QED) is 0.768. The van der Waals surface area contributed by atoms with E-state index >= 15 is 0 Å². The normalized spacial score (nSPS) is 34.1. The Hall–Kier alpha value is 0.170. The minimum Gasteiger partial charge on any atom is -0.348 e. The first-order valence-corrected chi connectivity index (χ1v) is 6.37. The lowest BCUT2D eigenvalue weighted by molar-refractivity contribution is -0.184. The summed E-state index contributed by atoms with van der Waals surface area (Å²) in [4.78, 5) is 0. The third kappa shape index (κ3) is 2.37. The minimum atomic E-state index is -0.164. The Kier molecular flexibility index (Phi) is 4.11. The molecule has 94 valence electrons. The highest BCUT2D eigenvalue weighted by molar-refractivity contribution is 5.85. The number of nitrogens with one attached hydrogen (secondary N) is 1. The number of hydrogen-bond donors (Lipinski definition) is 1. The summed E-state index contributed by atoms with van der Waals surface area (Å²) in [6.07, 6.45) is 6.21. The Labute approximate surface area is 104 Å². The van der Waals surface area contributed by atoms with Gasteiger partial charge in [-0.15, -0.1) is 12.4 Å². The van der Waals surface area contributed by atoms with Crippen molar-refractivity contribution in [1.82, 2.24) is 5.32 Å². The topological polar surface area (TPSA) is 30.5 Å². The number of hydrogen-bond acceptors (Lipinski definition) is 3. The molecular formula is C12H22ClNO2. The predicted octanol–water partition coefficient (Wildman–Crippen LogP) is 1.95. The highest BCUT2D eigenvalue weighted by Gasteiger charge is 2.42. The van der Waals surface area contributed by atoms with Gasteiger partial charge in [0.1, 0.15) is 0 Å². The van der Waals surface area contributed by atoms with Crippen molar-refractivity contribution in [2.24, 2.45) is 11.8 Å². The van der Waals surface area contributed by atoms with E-state index in [2.05, 4.69) is 5.32 Å². The predicted molar refractivity (Wildman–Crippen MR) is 64.8 cm³/mol. The molecule has 3 aliphatic rings. The lowest BCUT2D eigenvalue weighted by atomic mass is 9.77. The van der Waals surface area contributed by atoms with Crippen LogP contribution >= 0.6 is 12.4 Å². The molecule has 1 N–H and O–H groups in total. The molecule has 0 aromatic carbocycles. The van der Waals surface area contributed by atoms with Crippen molar-refractivity contribution < 1.29 is 9.47 Å². The largest absolute Gasteiger partial charge is 0.348 e. The van der Waals surface area contributed by atoms with Crippen LogP contribution in [-0.2, 0) is 9.47 Å². The first-order chi connectivity index (χ1) is 7.38. The summed E-state index contributed by atoms with van der Waals surface area (Å²) >= 11 is 0. The summed E-state index contributed by atoms with van der Waals surface area (Å²) in [6, 6.07) is 0. The molecule has 2 heterocycles. The van der Waals surface area contributed by atoms with E-state index in [4.69, 9.17) is 9.47 Å². The zero-order chi connectivity index (χ0) is 10.1. The zero-order valence-electron chi connectivity index (χ0n) is 9.74. The summed E-state index contributed by atoms with van der Waals surface area (Å²) in [5, 5.41) is 3.47. The van der Waals surface area contributed by atoms with Gasteiger partial charge in [0.2, 0.25) is 0 Å². The summed E-state index contributed by atoms with van der Waals surface area (Å²) in [5.74, 6) is 1.67. The molecule has 3 fully saturated rings. The van der Waals surface area contributed by atoms with E-state index < -0.39 is 0 Å². The van der Waals surface area contributed by atoms with Gasteiger partial charge in [0.15, 0.2) is 5.79 Å².